The number of amides is 1. The summed E-state index contributed by atoms with van der Waals surface area (Å²) in [6.45, 7) is 6.95. The normalized spacial score (nSPS) is 16.3. The maximum atomic E-state index is 11.2. The van der Waals surface area contributed by atoms with Crippen molar-refractivity contribution in [2.45, 2.75) is 56.0 Å². The number of primary amides is 1. The predicted molar refractivity (Wildman–Crippen MR) is 101 cm³/mol. The molecule has 1 amide bonds. The molecule has 1 aliphatic heterocycles. The Morgan fingerprint density at radius 2 is 2.17 bits per heavy atom. The van der Waals surface area contributed by atoms with Crippen LogP contribution < -0.4 is 5.73 Å². The Balaban J connectivity index is 2.08. The molecule has 130 valence electrons. The second-order valence-electron chi connectivity index (χ2n) is 6.32. The van der Waals surface area contributed by atoms with E-state index in [4.69, 9.17) is 20.4 Å². The van der Waals surface area contributed by atoms with E-state index in [9.17, 15) is 4.79 Å². The Bertz CT molecular complexity index is 774. The van der Waals surface area contributed by atoms with E-state index < -0.39 is 0 Å². The fourth-order valence-electron chi connectivity index (χ4n) is 2.59. The maximum absolute atomic E-state index is 11.2. The summed E-state index contributed by atoms with van der Waals surface area (Å²) in [6, 6.07) is 0. The molecule has 0 bridgehead atoms. The summed E-state index contributed by atoms with van der Waals surface area (Å²) < 4.78 is 5.93. The highest BCUT2D eigenvalue weighted by molar-refractivity contribution is 8.00. The van der Waals surface area contributed by atoms with Gasteiger partial charge >= 0.3 is 0 Å². The number of nitrogens with two attached hydrogens (primary N) is 1. The smallest absolute Gasteiger partial charge is 0.227 e. The van der Waals surface area contributed by atoms with E-state index in [1.165, 1.54) is 22.2 Å². The number of thiophene rings is 1. The van der Waals surface area contributed by atoms with Crippen LogP contribution >= 0.6 is 34.9 Å². The van der Waals surface area contributed by atoms with Gasteiger partial charge in [-0.3, -0.25) is 4.79 Å². The average Bonchev–Trinajstić information content (AvgIpc) is 2.87. The van der Waals surface area contributed by atoms with Gasteiger partial charge in [0.1, 0.15) is 9.86 Å². The molecule has 3 rings (SSSR count). The molecular weight excluding hydrogens is 362 g/mol. The molecule has 2 aromatic rings. The van der Waals surface area contributed by atoms with Crippen LogP contribution in [0.1, 0.15) is 37.6 Å². The molecule has 5 nitrogen and oxygen atoms in total. The second-order valence-corrected chi connectivity index (χ2v) is 9.43. The molecule has 3 heterocycles. The Hall–Kier alpha value is -0.830. The fourth-order valence-corrected chi connectivity index (χ4v) is 5.37. The van der Waals surface area contributed by atoms with Gasteiger partial charge in [-0.2, -0.15) is 0 Å². The van der Waals surface area contributed by atoms with Gasteiger partial charge < -0.3 is 10.5 Å². The molecule has 0 atom stereocenters. The molecule has 24 heavy (non-hydrogen) atoms. The van der Waals surface area contributed by atoms with Crippen molar-refractivity contribution in [2.24, 2.45) is 5.73 Å². The third-order valence-electron chi connectivity index (χ3n) is 3.66. The van der Waals surface area contributed by atoms with Gasteiger partial charge in [-0.25, -0.2) is 9.97 Å². The molecular formula is C16H21N3O2S3. The van der Waals surface area contributed by atoms with Crippen LogP contribution in [0, 0.1) is 0 Å². The Morgan fingerprint density at radius 1 is 1.38 bits per heavy atom. The molecule has 0 fully saturated rings. The number of aromatic nitrogens is 2. The zero-order valence-corrected chi connectivity index (χ0v) is 16.5. The minimum Gasteiger partial charge on any atom is -0.370 e. The molecule has 2 N–H and O–H groups in total. The number of fused-ring (bicyclic) bond motifs is 3. The minimum absolute atomic E-state index is 0.192. The fraction of sp³-hybridized carbons (Fsp3) is 0.562. The van der Waals surface area contributed by atoms with Gasteiger partial charge in [0.15, 0.2) is 5.16 Å². The second kappa shape index (κ2) is 7.19. The van der Waals surface area contributed by atoms with Crippen molar-refractivity contribution in [3.05, 3.63) is 10.4 Å². The standard InChI is InChI=1S/C16H21N3O2S3/c1-4-5-22-15-18-13(23-8-11(17)20)12-9-6-16(2,3)21-7-10(9)24-14(12)19-15/h4-8H2,1-3H3,(H2,17,20). The SMILES string of the molecule is CCCSc1nc(SCC(N)=O)c2c3c(sc2n1)COC(C)(C)C3. The van der Waals surface area contributed by atoms with Gasteiger partial charge in [-0.05, 0) is 25.8 Å². The molecule has 0 spiro atoms. The summed E-state index contributed by atoms with van der Waals surface area (Å²) in [4.78, 5) is 22.9. The third-order valence-corrected chi connectivity index (χ3v) is 6.81. The highest BCUT2D eigenvalue weighted by Crippen LogP contribution is 2.42. The first kappa shape index (κ1) is 18.0. The zero-order valence-electron chi connectivity index (χ0n) is 14.0. The van der Waals surface area contributed by atoms with Gasteiger partial charge in [-0.1, -0.05) is 30.4 Å². The number of carbonyl (C=O) groups is 1. The number of nitrogens with zero attached hydrogens (tertiary/aromatic N) is 2. The van der Waals surface area contributed by atoms with Crippen molar-refractivity contribution < 1.29 is 9.53 Å². The topological polar surface area (TPSA) is 78.1 Å². The molecule has 0 aliphatic carbocycles. The van der Waals surface area contributed by atoms with Gasteiger partial charge in [0.05, 0.1) is 18.0 Å². The molecule has 0 unspecified atom stereocenters. The van der Waals surface area contributed by atoms with Crippen molar-refractivity contribution >= 4 is 51.0 Å². The number of rotatable bonds is 6. The molecule has 0 radical (unpaired) electrons. The number of carbonyl (C=O) groups excluding carboxylic acids is 1. The number of thioether (sulfide) groups is 2. The lowest BCUT2D eigenvalue weighted by atomic mass is 9.95. The molecule has 0 saturated heterocycles. The van der Waals surface area contributed by atoms with Crippen LogP contribution in [0.2, 0.25) is 0 Å². The van der Waals surface area contributed by atoms with Crippen LogP contribution in [0.15, 0.2) is 10.2 Å². The summed E-state index contributed by atoms with van der Waals surface area (Å²) in [7, 11) is 0. The first-order chi connectivity index (χ1) is 11.4. The van der Waals surface area contributed by atoms with E-state index in [0.29, 0.717) is 6.61 Å². The molecule has 1 aliphatic rings. The van der Waals surface area contributed by atoms with Crippen LogP contribution in [-0.2, 0) is 22.6 Å². The predicted octanol–water partition coefficient (Wildman–Crippen LogP) is 3.62. The number of hydrogen-bond donors (Lipinski definition) is 1. The third kappa shape index (κ3) is 3.87. The van der Waals surface area contributed by atoms with E-state index in [-0.39, 0.29) is 17.3 Å². The zero-order chi connectivity index (χ0) is 17.3. The van der Waals surface area contributed by atoms with E-state index in [1.54, 1.807) is 23.1 Å². The Labute approximate surface area is 154 Å². The maximum Gasteiger partial charge on any atom is 0.227 e. The molecule has 0 aromatic carbocycles. The van der Waals surface area contributed by atoms with Crippen molar-refractivity contribution in [2.75, 3.05) is 11.5 Å². The van der Waals surface area contributed by atoms with Crippen LogP contribution in [0.5, 0.6) is 0 Å². The largest absolute Gasteiger partial charge is 0.370 e. The van der Waals surface area contributed by atoms with Gasteiger partial charge in [0.2, 0.25) is 5.91 Å². The first-order valence-electron chi connectivity index (χ1n) is 7.90. The summed E-state index contributed by atoms with van der Waals surface area (Å²) in [5, 5.41) is 2.72. The van der Waals surface area contributed by atoms with Crippen LogP contribution in [0.3, 0.4) is 0 Å². The highest BCUT2D eigenvalue weighted by Gasteiger charge is 2.31. The van der Waals surface area contributed by atoms with E-state index >= 15 is 0 Å². The quantitative estimate of drug-likeness (QED) is 0.466. The summed E-state index contributed by atoms with van der Waals surface area (Å²) >= 11 is 4.74. The van der Waals surface area contributed by atoms with E-state index in [0.717, 1.165) is 39.0 Å². The summed E-state index contributed by atoms with van der Waals surface area (Å²) in [5.41, 5.74) is 6.41. The van der Waals surface area contributed by atoms with E-state index in [2.05, 4.69) is 20.8 Å². The number of hydrogen-bond acceptors (Lipinski definition) is 7. The van der Waals surface area contributed by atoms with Crippen LogP contribution in [0.4, 0.5) is 0 Å². The monoisotopic (exact) mass is 383 g/mol. The molecule has 0 saturated carbocycles. The van der Waals surface area contributed by atoms with Gasteiger partial charge in [0, 0.05) is 22.4 Å². The van der Waals surface area contributed by atoms with Crippen LogP contribution in [0.25, 0.3) is 10.2 Å². The average molecular weight is 384 g/mol. The Morgan fingerprint density at radius 3 is 2.88 bits per heavy atom. The first-order valence-corrected chi connectivity index (χ1v) is 10.7. The van der Waals surface area contributed by atoms with Gasteiger partial charge in [-0.15, -0.1) is 11.3 Å². The van der Waals surface area contributed by atoms with Crippen molar-refractivity contribution in [3.8, 4) is 0 Å². The van der Waals surface area contributed by atoms with Crippen molar-refractivity contribution in [1.29, 1.82) is 0 Å². The highest BCUT2D eigenvalue weighted by atomic mass is 32.2. The van der Waals surface area contributed by atoms with Crippen LogP contribution in [-0.4, -0.2) is 33.0 Å². The lowest BCUT2D eigenvalue weighted by Crippen LogP contribution is -2.31. The molecule has 8 heteroatoms. The minimum atomic E-state index is -0.331. The molecule has 2 aromatic heterocycles. The lowest BCUT2D eigenvalue weighted by Gasteiger charge is -2.30. The summed E-state index contributed by atoms with van der Waals surface area (Å²) in [5.74, 6) is 0.878. The Kier molecular flexibility index (Phi) is 5.39. The number of ether oxygens (including phenoxy) is 1. The lowest BCUT2D eigenvalue weighted by molar-refractivity contribution is -0.115. The van der Waals surface area contributed by atoms with Gasteiger partial charge in [0.25, 0.3) is 0 Å². The van der Waals surface area contributed by atoms with E-state index in [1.807, 2.05) is 0 Å². The van der Waals surface area contributed by atoms with Crippen molar-refractivity contribution in [1.82, 2.24) is 9.97 Å². The van der Waals surface area contributed by atoms with Crippen molar-refractivity contribution in [3.63, 3.8) is 0 Å². The summed E-state index contributed by atoms with van der Waals surface area (Å²) in [6.07, 6.45) is 1.90.